The molecule has 0 saturated heterocycles. The molecule has 1 aliphatic rings. The number of methoxy groups -OCH3 is 1. The van der Waals surface area contributed by atoms with Crippen molar-refractivity contribution in [3.63, 3.8) is 0 Å². The van der Waals surface area contributed by atoms with Crippen LogP contribution in [-0.2, 0) is 14.9 Å². The molecule has 0 aliphatic heterocycles. The highest BCUT2D eigenvalue weighted by Crippen LogP contribution is 2.42. The van der Waals surface area contributed by atoms with Crippen LogP contribution in [0.3, 0.4) is 0 Å². The molecule has 0 bridgehead atoms. The lowest BCUT2D eigenvalue weighted by Gasteiger charge is -2.37. The standard InChI is InChI=1S/C21H18Cl2F2N2O4S/c1-31-14-8-13(9-14)27-19(32(28,29)30)10-26-21(27)20(11-2-4-17(24)15(22)6-11)12-3-5-18(25)16(23)7-12/h2-7,10,13-14,20H,8-9H2,1H3,(H,28,29,30). The Balaban J connectivity index is 1.94. The first-order valence-corrected chi connectivity index (χ1v) is 11.8. The molecule has 1 heterocycles. The highest BCUT2D eigenvalue weighted by atomic mass is 35.5. The second-order valence-corrected chi connectivity index (χ2v) is 9.75. The monoisotopic (exact) mass is 502 g/mol. The van der Waals surface area contributed by atoms with E-state index in [0.29, 0.717) is 24.0 Å². The van der Waals surface area contributed by atoms with Crippen molar-refractivity contribution in [3.05, 3.63) is 81.2 Å². The van der Waals surface area contributed by atoms with Crippen molar-refractivity contribution in [1.29, 1.82) is 0 Å². The number of rotatable bonds is 6. The highest BCUT2D eigenvalue weighted by Gasteiger charge is 2.38. The first kappa shape index (κ1) is 23.1. The van der Waals surface area contributed by atoms with E-state index in [1.807, 2.05) is 0 Å². The van der Waals surface area contributed by atoms with Crippen molar-refractivity contribution in [2.24, 2.45) is 0 Å². The van der Waals surface area contributed by atoms with Gasteiger partial charge in [0.2, 0.25) is 0 Å². The third kappa shape index (κ3) is 4.27. The molecular weight excluding hydrogens is 485 g/mol. The molecular formula is C21H18Cl2F2N2O4S. The van der Waals surface area contributed by atoms with Crippen LogP contribution in [0.1, 0.15) is 41.8 Å². The largest absolute Gasteiger partial charge is 0.381 e. The lowest BCUT2D eigenvalue weighted by atomic mass is 9.86. The van der Waals surface area contributed by atoms with Crippen LogP contribution in [0.15, 0.2) is 47.6 Å². The van der Waals surface area contributed by atoms with Crippen LogP contribution < -0.4 is 0 Å². The quantitative estimate of drug-likeness (QED) is 0.465. The smallest absolute Gasteiger partial charge is 0.311 e. The third-order valence-corrected chi connectivity index (χ3v) is 7.05. The van der Waals surface area contributed by atoms with Crippen LogP contribution in [-0.4, -0.2) is 35.7 Å². The molecule has 32 heavy (non-hydrogen) atoms. The molecule has 1 aliphatic carbocycles. The van der Waals surface area contributed by atoms with Gasteiger partial charge >= 0.3 is 10.1 Å². The Hall–Kier alpha value is -2.04. The van der Waals surface area contributed by atoms with E-state index in [9.17, 15) is 21.8 Å². The maximum Gasteiger partial charge on any atom is 0.311 e. The Labute approximate surface area is 193 Å². The van der Waals surface area contributed by atoms with Gasteiger partial charge in [-0.2, -0.15) is 8.42 Å². The average molecular weight is 503 g/mol. The Morgan fingerprint density at radius 3 is 2.06 bits per heavy atom. The van der Waals surface area contributed by atoms with Crippen molar-refractivity contribution in [3.8, 4) is 0 Å². The Kier molecular flexibility index (Phi) is 6.30. The molecule has 2 aromatic carbocycles. The van der Waals surface area contributed by atoms with Gasteiger partial charge in [-0.1, -0.05) is 35.3 Å². The molecule has 0 amide bonds. The molecule has 3 aromatic rings. The number of benzene rings is 2. The second kappa shape index (κ2) is 8.72. The number of hydrogen-bond acceptors (Lipinski definition) is 4. The molecule has 170 valence electrons. The zero-order valence-electron chi connectivity index (χ0n) is 16.7. The fourth-order valence-electron chi connectivity index (χ4n) is 3.95. The topological polar surface area (TPSA) is 81.4 Å². The van der Waals surface area contributed by atoms with Gasteiger partial charge in [-0.15, -0.1) is 0 Å². The predicted octanol–water partition coefficient (Wildman–Crippen LogP) is 5.24. The van der Waals surface area contributed by atoms with Crippen molar-refractivity contribution >= 4 is 33.3 Å². The van der Waals surface area contributed by atoms with Crippen molar-refractivity contribution in [1.82, 2.24) is 9.55 Å². The molecule has 6 nitrogen and oxygen atoms in total. The van der Waals surface area contributed by atoms with Crippen LogP contribution in [0.5, 0.6) is 0 Å². The van der Waals surface area contributed by atoms with Gasteiger partial charge in [0.25, 0.3) is 0 Å². The van der Waals surface area contributed by atoms with Crippen LogP contribution in [0.2, 0.25) is 10.0 Å². The van der Waals surface area contributed by atoms with Crippen molar-refractivity contribution < 1.29 is 26.5 Å². The maximum atomic E-state index is 13.8. The number of hydrogen-bond donors (Lipinski definition) is 1. The van der Waals surface area contributed by atoms with Gasteiger partial charge in [0.05, 0.1) is 28.3 Å². The van der Waals surface area contributed by atoms with Crippen molar-refractivity contribution in [2.75, 3.05) is 7.11 Å². The summed E-state index contributed by atoms with van der Waals surface area (Å²) in [6, 6.07) is 7.78. The number of aromatic nitrogens is 2. The summed E-state index contributed by atoms with van der Waals surface area (Å²) in [7, 11) is -3.04. The Morgan fingerprint density at radius 2 is 1.62 bits per heavy atom. The van der Waals surface area contributed by atoms with Crippen LogP contribution in [0.4, 0.5) is 8.78 Å². The molecule has 0 radical (unpaired) electrons. The van der Waals surface area contributed by atoms with Crippen LogP contribution >= 0.6 is 23.2 Å². The van der Waals surface area contributed by atoms with Gasteiger partial charge in [0.1, 0.15) is 17.5 Å². The Morgan fingerprint density at radius 1 is 1.09 bits per heavy atom. The summed E-state index contributed by atoms with van der Waals surface area (Å²) in [6.45, 7) is 0. The fraction of sp³-hybridized carbons (Fsp3) is 0.286. The van der Waals surface area contributed by atoms with Gasteiger partial charge in [0, 0.05) is 13.2 Å². The number of imidazole rings is 1. The summed E-state index contributed by atoms with van der Waals surface area (Å²) in [5.41, 5.74) is 0.964. The summed E-state index contributed by atoms with van der Waals surface area (Å²) in [5, 5.41) is -0.660. The molecule has 1 fully saturated rings. The third-order valence-electron chi connectivity index (χ3n) is 5.64. The van der Waals surface area contributed by atoms with E-state index >= 15 is 0 Å². The van der Waals surface area contributed by atoms with E-state index in [0.717, 1.165) is 6.20 Å². The molecule has 1 saturated carbocycles. The molecule has 0 spiro atoms. The van der Waals surface area contributed by atoms with Crippen LogP contribution in [0, 0.1) is 11.6 Å². The SMILES string of the molecule is COC1CC(n2c(S(=O)(=O)O)cnc2C(c2ccc(F)c(Cl)c2)c2ccc(F)c(Cl)c2)C1. The molecule has 4 rings (SSSR count). The van der Waals surface area contributed by atoms with E-state index in [1.54, 1.807) is 7.11 Å². The zero-order valence-corrected chi connectivity index (χ0v) is 19.0. The minimum absolute atomic E-state index is 0.0662. The van der Waals surface area contributed by atoms with Gasteiger partial charge in [-0.25, -0.2) is 13.8 Å². The molecule has 0 unspecified atom stereocenters. The second-order valence-electron chi connectivity index (χ2n) is 7.56. The maximum absolute atomic E-state index is 13.8. The molecule has 0 atom stereocenters. The van der Waals surface area contributed by atoms with E-state index in [-0.39, 0.29) is 33.0 Å². The summed E-state index contributed by atoms with van der Waals surface area (Å²) in [6.07, 6.45) is 2.00. The predicted molar refractivity (Wildman–Crippen MR) is 115 cm³/mol. The first-order chi connectivity index (χ1) is 15.1. The minimum Gasteiger partial charge on any atom is -0.381 e. The van der Waals surface area contributed by atoms with Gasteiger partial charge in [0.15, 0.2) is 5.03 Å². The number of halogens is 4. The fourth-order valence-corrected chi connectivity index (χ4v) is 5.00. The van der Waals surface area contributed by atoms with Crippen LogP contribution in [0.25, 0.3) is 0 Å². The van der Waals surface area contributed by atoms with E-state index in [2.05, 4.69) is 4.98 Å². The first-order valence-electron chi connectivity index (χ1n) is 9.57. The Bertz CT molecular complexity index is 1230. The number of ether oxygens (including phenoxy) is 1. The summed E-state index contributed by atoms with van der Waals surface area (Å²) in [5.74, 6) is -1.78. The van der Waals surface area contributed by atoms with E-state index < -0.39 is 27.7 Å². The van der Waals surface area contributed by atoms with Gasteiger partial charge in [-0.3, -0.25) is 4.55 Å². The van der Waals surface area contributed by atoms with Crippen molar-refractivity contribution in [2.45, 2.75) is 35.9 Å². The van der Waals surface area contributed by atoms with Gasteiger partial charge in [-0.05, 0) is 48.2 Å². The lowest BCUT2D eigenvalue weighted by Crippen LogP contribution is -2.35. The normalized spacial score (nSPS) is 18.7. The average Bonchev–Trinajstić information content (AvgIpc) is 3.11. The summed E-state index contributed by atoms with van der Waals surface area (Å²) in [4.78, 5) is 4.30. The van der Waals surface area contributed by atoms with E-state index in [1.165, 1.54) is 41.0 Å². The zero-order chi connectivity index (χ0) is 23.2. The molecule has 1 N–H and O–H groups in total. The highest BCUT2D eigenvalue weighted by molar-refractivity contribution is 7.85. The summed E-state index contributed by atoms with van der Waals surface area (Å²) < 4.78 is 68.4. The lowest BCUT2D eigenvalue weighted by molar-refractivity contribution is 0.00272. The van der Waals surface area contributed by atoms with Gasteiger partial charge < -0.3 is 9.30 Å². The molecule has 1 aromatic heterocycles. The number of nitrogens with zero attached hydrogens (tertiary/aromatic N) is 2. The minimum atomic E-state index is -4.60. The summed E-state index contributed by atoms with van der Waals surface area (Å²) >= 11 is 12.0. The van der Waals surface area contributed by atoms with E-state index in [4.69, 9.17) is 27.9 Å². The molecule has 11 heteroatoms.